The van der Waals surface area contributed by atoms with Crippen molar-refractivity contribution in [3.63, 3.8) is 0 Å². The van der Waals surface area contributed by atoms with E-state index in [1.54, 1.807) is 0 Å². The van der Waals surface area contributed by atoms with Gasteiger partial charge in [0.2, 0.25) is 0 Å². The van der Waals surface area contributed by atoms with Gasteiger partial charge in [0.05, 0.1) is 0 Å². The minimum Gasteiger partial charge on any atom is -0.370 e. The lowest BCUT2D eigenvalue weighted by Crippen LogP contribution is -2.25. The Balaban J connectivity index is 2.11. The minimum absolute atomic E-state index is 0.490. The number of aromatic nitrogens is 2. The Morgan fingerprint density at radius 3 is 2.45 bits per heavy atom. The van der Waals surface area contributed by atoms with Crippen LogP contribution in [0, 0.1) is 19.8 Å². The second-order valence-electron chi connectivity index (χ2n) is 6.00. The molecule has 0 saturated heterocycles. The van der Waals surface area contributed by atoms with E-state index < -0.39 is 0 Å². The fourth-order valence-corrected chi connectivity index (χ4v) is 2.98. The van der Waals surface area contributed by atoms with Crippen LogP contribution in [0.15, 0.2) is 0 Å². The molecule has 2 N–H and O–H groups in total. The van der Waals surface area contributed by atoms with Crippen molar-refractivity contribution in [3.8, 4) is 0 Å². The molecule has 112 valence electrons. The number of hydrogen-bond donors (Lipinski definition) is 2. The standard InChI is InChI=1S/C16H28N4/c1-5-10-17-15-11(2)16(20-13(4)19-15)18-12(3)14-8-6-7-9-14/h12,14H,5-10H2,1-4H3,(H2,17,18,19,20). The van der Waals surface area contributed by atoms with Gasteiger partial charge in [-0.3, -0.25) is 0 Å². The van der Waals surface area contributed by atoms with Crippen LogP contribution in [-0.4, -0.2) is 22.6 Å². The zero-order valence-corrected chi connectivity index (χ0v) is 13.3. The summed E-state index contributed by atoms with van der Waals surface area (Å²) in [6.07, 6.45) is 6.55. The molecule has 0 aromatic carbocycles. The molecule has 0 aliphatic heterocycles. The Hall–Kier alpha value is -1.32. The second kappa shape index (κ2) is 6.91. The summed E-state index contributed by atoms with van der Waals surface area (Å²) in [7, 11) is 0. The van der Waals surface area contributed by atoms with Gasteiger partial charge in [-0.1, -0.05) is 19.8 Å². The summed E-state index contributed by atoms with van der Waals surface area (Å²) >= 11 is 0. The van der Waals surface area contributed by atoms with E-state index in [-0.39, 0.29) is 0 Å². The monoisotopic (exact) mass is 276 g/mol. The number of nitrogens with zero attached hydrogens (tertiary/aromatic N) is 2. The quantitative estimate of drug-likeness (QED) is 0.827. The van der Waals surface area contributed by atoms with Gasteiger partial charge in [-0.2, -0.15) is 0 Å². The molecule has 1 aliphatic carbocycles. The van der Waals surface area contributed by atoms with Crippen molar-refractivity contribution < 1.29 is 0 Å². The van der Waals surface area contributed by atoms with Crippen molar-refractivity contribution in [3.05, 3.63) is 11.4 Å². The number of hydrogen-bond acceptors (Lipinski definition) is 4. The summed E-state index contributed by atoms with van der Waals surface area (Å²) in [5.41, 5.74) is 1.13. The Labute approximate surface area is 122 Å². The summed E-state index contributed by atoms with van der Waals surface area (Å²) in [5, 5.41) is 7.01. The first-order valence-electron chi connectivity index (χ1n) is 7.97. The van der Waals surface area contributed by atoms with Crippen LogP contribution in [0.4, 0.5) is 11.6 Å². The van der Waals surface area contributed by atoms with Crippen molar-refractivity contribution in [2.45, 2.75) is 65.8 Å². The SMILES string of the molecule is CCCNc1nc(C)nc(NC(C)C2CCCC2)c1C. The Bertz CT molecular complexity index is 438. The molecular formula is C16H28N4. The Morgan fingerprint density at radius 1 is 1.15 bits per heavy atom. The Kier molecular flexibility index (Phi) is 5.21. The van der Waals surface area contributed by atoms with E-state index in [1.807, 2.05) is 6.92 Å². The van der Waals surface area contributed by atoms with Gasteiger partial charge >= 0.3 is 0 Å². The highest BCUT2D eigenvalue weighted by Gasteiger charge is 2.22. The molecule has 1 fully saturated rings. The summed E-state index contributed by atoms with van der Waals surface area (Å²) in [6, 6.07) is 0.490. The molecule has 4 nitrogen and oxygen atoms in total. The van der Waals surface area contributed by atoms with Gasteiger partial charge in [0.25, 0.3) is 0 Å². The molecule has 0 bridgehead atoms. The minimum atomic E-state index is 0.490. The zero-order chi connectivity index (χ0) is 14.5. The molecule has 1 aliphatic rings. The van der Waals surface area contributed by atoms with Gasteiger partial charge in [0, 0.05) is 18.2 Å². The molecule has 1 heterocycles. The number of rotatable bonds is 6. The summed E-state index contributed by atoms with van der Waals surface area (Å²) in [6.45, 7) is 9.46. The van der Waals surface area contributed by atoms with Crippen LogP contribution >= 0.6 is 0 Å². The van der Waals surface area contributed by atoms with Crippen LogP contribution in [0.1, 0.15) is 57.3 Å². The van der Waals surface area contributed by atoms with E-state index in [4.69, 9.17) is 0 Å². The second-order valence-corrected chi connectivity index (χ2v) is 6.00. The van der Waals surface area contributed by atoms with E-state index in [0.29, 0.717) is 6.04 Å². The largest absolute Gasteiger partial charge is 0.370 e. The fraction of sp³-hybridized carbons (Fsp3) is 0.750. The van der Waals surface area contributed by atoms with Gasteiger partial charge in [-0.25, -0.2) is 9.97 Å². The molecule has 2 rings (SSSR count). The highest BCUT2D eigenvalue weighted by molar-refractivity contribution is 5.57. The van der Waals surface area contributed by atoms with Gasteiger partial charge < -0.3 is 10.6 Å². The van der Waals surface area contributed by atoms with Crippen molar-refractivity contribution >= 4 is 11.6 Å². The van der Waals surface area contributed by atoms with Crippen LogP contribution in [0.25, 0.3) is 0 Å². The molecule has 1 atom stereocenters. The lowest BCUT2D eigenvalue weighted by molar-refractivity contribution is 0.481. The van der Waals surface area contributed by atoms with E-state index in [1.165, 1.54) is 25.7 Å². The highest BCUT2D eigenvalue weighted by atomic mass is 15.1. The highest BCUT2D eigenvalue weighted by Crippen LogP contribution is 2.30. The van der Waals surface area contributed by atoms with E-state index in [0.717, 1.165) is 41.9 Å². The number of aryl methyl sites for hydroxylation is 1. The summed E-state index contributed by atoms with van der Waals surface area (Å²) < 4.78 is 0. The first kappa shape index (κ1) is 15.1. The molecule has 0 radical (unpaired) electrons. The van der Waals surface area contributed by atoms with Crippen molar-refractivity contribution in [1.82, 2.24) is 9.97 Å². The smallest absolute Gasteiger partial charge is 0.134 e. The molecule has 4 heteroatoms. The molecule has 0 amide bonds. The first-order chi connectivity index (χ1) is 9.61. The van der Waals surface area contributed by atoms with E-state index >= 15 is 0 Å². The number of nitrogens with one attached hydrogen (secondary N) is 2. The van der Waals surface area contributed by atoms with Crippen molar-refractivity contribution in [2.75, 3.05) is 17.2 Å². The summed E-state index contributed by atoms with van der Waals surface area (Å²) in [5.74, 6) is 3.59. The predicted molar refractivity (Wildman–Crippen MR) is 85.3 cm³/mol. The lowest BCUT2D eigenvalue weighted by Gasteiger charge is -2.23. The predicted octanol–water partition coefficient (Wildman–Crippen LogP) is 3.91. The van der Waals surface area contributed by atoms with E-state index in [2.05, 4.69) is 41.4 Å². The van der Waals surface area contributed by atoms with Crippen molar-refractivity contribution in [1.29, 1.82) is 0 Å². The third-order valence-electron chi connectivity index (χ3n) is 4.27. The lowest BCUT2D eigenvalue weighted by atomic mass is 10.00. The maximum Gasteiger partial charge on any atom is 0.134 e. The molecule has 0 spiro atoms. The van der Waals surface area contributed by atoms with Gasteiger partial charge in [0.15, 0.2) is 0 Å². The number of anilines is 2. The Morgan fingerprint density at radius 2 is 1.80 bits per heavy atom. The molecule has 1 saturated carbocycles. The molecule has 20 heavy (non-hydrogen) atoms. The average molecular weight is 276 g/mol. The third kappa shape index (κ3) is 3.62. The van der Waals surface area contributed by atoms with Crippen LogP contribution in [0.3, 0.4) is 0 Å². The topological polar surface area (TPSA) is 49.8 Å². The van der Waals surface area contributed by atoms with Gasteiger partial charge in [-0.05, 0) is 46.0 Å². The molecule has 1 aromatic heterocycles. The molecule has 1 unspecified atom stereocenters. The van der Waals surface area contributed by atoms with E-state index in [9.17, 15) is 0 Å². The summed E-state index contributed by atoms with van der Waals surface area (Å²) in [4.78, 5) is 9.10. The van der Waals surface area contributed by atoms with Crippen LogP contribution in [0.2, 0.25) is 0 Å². The van der Waals surface area contributed by atoms with Crippen LogP contribution < -0.4 is 10.6 Å². The van der Waals surface area contributed by atoms with Gasteiger partial charge in [-0.15, -0.1) is 0 Å². The maximum absolute atomic E-state index is 4.59. The van der Waals surface area contributed by atoms with Crippen LogP contribution in [0.5, 0.6) is 0 Å². The third-order valence-corrected chi connectivity index (χ3v) is 4.27. The normalized spacial score (nSPS) is 17.2. The molecule has 1 aromatic rings. The van der Waals surface area contributed by atoms with Crippen molar-refractivity contribution in [2.24, 2.45) is 5.92 Å². The zero-order valence-electron chi connectivity index (χ0n) is 13.3. The van der Waals surface area contributed by atoms with Gasteiger partial charge in [0.1, 0.15) is 17.5 Å². The average Bonchev–Trinajstić information content (AvgIpc) is 2.95. The first-order valence-corrected chi connectivity index (χ1v) is 7.97. The fourth-order valence-electron chi connectivity index (χ4n) is 2.98. The molecular weight excluding hydrogens is 248 g/mol. The maximum atomic E-state index is 4.59. The van der Waals surface area contributed by atoms with Crippen LogP contribution in [-0.2, 0) is 0 Å².